The average molecular weight is 530 g/mol. The van der Waals surface area contributed by atoms with Crippen molar-refractivity contribution >= 4 is 11.1 Å². The number of halogens is 6. The minimum Gasteiger partial charge on any atom is -0.302 e. The van der Waals surface area contributed by atoms with Gasteiger partial charge in [-0.2, -0.15) is 13.2 Å². The summed E-state index contributed by atoms with van der Waals surface area (Å²) in [7, 11) is 0. The molecule has 5 rings (SSSR count). The van der Waals surface area contributed by atoms with E-state index in [0.29, 0.717) is 48.9 Å². The molecule has 1 fully saturated rings. The fraction of sp³-hybridized carbons (Fsp3) is 0.355. The van der Waals surface area contributed by atoms with Crippen LogP contribution in [0.15, 0.2) is 72.8 Å². The molecular weight excluding hydrogens is 500 g/mol. The highest BCUT2D eigenvalue weighted by molar-refractivity contribution is 6.00. The molecule has 1 saturated heterocycles. The Morgan fingerprint density at radius 3 is 2.11 bits per heavy atom. The molecule has 7 heteroatoms. The van der Waals surface area contributed by atoms with E-state index in [1.807, 2.05) is 29.2 Å². The number of allylic oxidation sites excluding steroid dienone is 1. The topological polar surface area (TPSA) is 3.24 Å². The number of fused-ring (bicyclic) bond motifs is 1. The summed E-state index contributed by atoms with van der Waals surface area (Å²) < 4.78 is 84.9. The van der Waals surface area contributed by atoms with Crippen LogP contribution in [0.5, 0.6) is 0 Å². The normalized spacial score (nSPS) is 17.2. The molecule has 0 spiro atoms. The lowest BCUT2D eigenvalue weighted by atomic mass is 9.84. The Labute approximate surface area is 218 Å². The van der Waals surface area contributed by atoms with Crippen LogP contribution in [0.1, 0.15) is 52.6 Å². The largest absolute Gasteiger partial charge is 0.416 e. The number of hydrogen-bond donors (Lipinski definition) is 0. The first-order valence-corrected chi connectivity index (χ1v) is 12.9. The predicted octanol–water partition coefficient (Wildman–Crippen LogP) is 8.38. The van der Waals surface area contributed by atoms with Gasteiger partial charge in [-0.3, -0.25) is 4.39 Å². The molecule has 1 aliphatic heterocycles. The van der Waals surface area contributed by atoms with Crippen LogP contribution in [-0.2, 0) is 18.5 Å². The second-order valence-corrected chi connectivity index (χ2v) is 10.1. The third-order valence-corrected chi connectivity index (χ3v) is 7.66. The molecule has 0 saturated carbocycles. The van der Waals surface area contributed by atoms with Gasteiger partial charge in [0.1, 0.15) is 0 Å². The van der Waals surface area contributed by atoms with Crippen LogP contribution in [-0.4, -0.2) is 31.2 Å². The molecule has 0 unspecified atom stereocenters. The van der Waals surface area contributed by atoms with E-state index in [-0.39, 0.29) is 24.2 Å². The van der Waals surface area contributed by atoms with Gasteiger partial charge in [-0.1, -0.05) is 66.7 Å². The van der Waals surface area contributed by atoms with Crippen LogP contribution in [0.2, 0.25) is 0 Å². The molecule has 1 heterocycles. The second kappa shape index (κ2) is 10.6. The first-order valence-electron chi connectivity index (χ1n) is 12.9. The zero-order chi connectivity index (χ0) is 26.9. The fourth-order valence-electron chi connectivity index (χ4n) is 5.68. The van der Waals surface area contributed by atoms with Crippen LogP contribution in [0.4, 0.5) is 26.3 Å². The minimum absolute atomic E-state index is 0.115. The van der Waals surface area contributed by atoms with E-state index in [4.69, 9.17) is 0 Å². The van der Waals surface area contributed by atoms with Crippen LogP contribution in [0.3, 0.4) is 0 Å². The van der Waals surface area contributed by atoms with Gasteiger partial charge in [0.15, 0.2) is 0 Å². The summed E-state index contributed by atoms with van der Waals surface area (Å²) in [5.41, 5.74) is 3.02. The van der Waals surface area contributed by atoms with E-state index in [1.165, 1.54) is 24.3 Å². The Morgan fingerprint density at radius 1 is 0.763 bits per heavy atom. The lowest BCUT2D eigenvalue weighted by Crippen LogP contribution is -2.53. The number of aryl methyl sites for hydroxylation is 1. The molecule has 3 aromatic rings. The second-order valence-electron chi connectivity index (χ2n) is 10.1. The number of rotatable bonds is 7. The summed E-state index contributed by atoms with van der Waals surface area (Å²) in [6.07, 6.45) is -2.35. The van der Waals surface area contributed by atoms with Gasteiger partial charge in [0.05, 0.1) is 18.2 Å². The number of benzene rings is 3. The first kappa shape index (κ1) is 26.5. The Balaban J connectivity index is 1.56. The summed E-state index contributed by atoms with van der Waals surface area (Å²) in [6.45, 7) is 0.433. The molecule has 0 aromatic heterocycles. The van der Waals surface area contributed by atoms with E-state index in [9.17, 15) is 17.6 Å². The van der Waals surface area contributed by atoms with Crippen molar-refractivity contribution in [1.82, 2.24) is 4.90 Å². The number of alkyl halides is 6. The van der Waals surface area contributed by atoms with E-state index < -0.39 is 30.3 Å². The Kier molecular flexibility index (Phi) is 7.40. The molecule has 38 heavy (non-hydrogen) atoms. The highest BCUT2D eigenvalue weighted by Crippen LogP contribution is 2.45. The van der Waals surface area contributed by atoms with Gasteiger partial charge in [-0.25, -0.2) is 8.78 Å². The summed E-state index contributed by atoms with van der Waals surface area (Å²) in [5, 5.41) is 0. The van der Waals surface area contributed by atoms with E-state index in [1.54, 1.807) is 18.2 Å². The van der Waals surface area contributed by atoms with E-state index in [0.717, 1.165) is 17.2 Å². The Morgan fingerprint density at radius 2 is 1.42 bits per heavy atom. The van der Waals surface area contributed by atoms with Crippen LogP contribution in [0.25, 0.3) is 11.1 Å². The molecule has 200 valence electrons. The molecule has 0 N–H and O–H groups in total. The Bertz CT molecular complexity index is 1300. The fourth-order valence-corrected chi connectivity index (χ4v) is 5.68. The van der Waals surface area contributed by atoms with Crippen molar-refractivity contribution in [3.8, 4) is 0 Å². The van der Waals surface area contributed by atoms with Crippen LogP contribution in [0, 0.1) is 5.92 Å². The van der Waals surface area contributed by atoms with Crippen molar-refractivity contribution < 1.29 is 26.3 Å². The van der Waals surface area contributed by atoms with Gasteiger partial charge < -0.3 is 4.90 Å². The van der Waals surface area contributed by atoms with Crippen molar-refractivity contribution in [3.05, 3.63) is 106 Å². The van der Waals surface area contributed by atoms with Gasteiger partial charge in [-0.15, -0.1) is 0 Å². The molecule has 0 bridgehead atoms. The highest BCUT2D eigenvalue weighted by atomic mass is 19.4. The minimum atomic E-state index is -4.52. The Hall–Kier alpha value is -3.06. The predicted molar refractivity (Wildman–Crippen MR) is 138 cm³/mol. The maximum atomic E-state index is 15.3. The standard InChI is InChI=1S/C31H29F6N/c32-17-6-18-38-19-24(20-38)30(33,34)23-15-13-22(14-16-23)29-25-9-2-1-7-21(25)8-5-11-27(29)26-10-3-4-12-28(26)31(35,36)37/h1-4,7,9-10,12-16,24H,5-6,8,11,17-20H2. The third-order valence-electron chi connectivity index (χ3n) is 7.66. The maximum Gasteiger partial charge on any atom is 0.416 e. The zero-order valence-electron chi connectivity index (χ0n) is 20.9. The van der Waals surface area contributed by atoms with E-state index in [2.05, 4.69) is 0 Å². The quantitative estimate of drug-likeness (QED) is 0.278. The highest BCUT2D eigenvalue weighted by Gasteiger charge is 2.47. The van der Waals surface area contributed by atoms with Crippen molar-refractivity contribution in [2.24, 2.45) is 5.92 Å². The van der Waals surface area contributed by atoms with Crippen molar-refractivity contribution in [2.45, 2.75) is 37.8 Å². The summed E-state index contributed by atoms with van der Waals surface area (Å²) >= 11 is 0. The SMILES string of the molecule is FCCCN1CC(C(F)(F)c2ccc(C3=C(c4ccccc4C(F)(F)F)CCCc4ccccc43)cc2)C1. The molecule has 1 aliphatic carbocycles. The summed E-state index contributed by atoms with van der Waals surface area (Å²) in [6, 6.07) is 19.2. The maximum absolute atomic E-state index is 15.3. The van der Waals surface area contributed by atoms with Gasteiger partial charge in [0.2, 0.25) is 0 Å². The van der Waals surface area contributed by atoms with Crippen LogP contribution < -0.4 is 0 Å². The molecule has 0 radical (unpaired) electrons. The molecule has 2 aliphatic rings. The van der Waals surface area contributed by atoms with Gasteiger partial charge in [0, 0.05) is 25.2 Å². The van der Waals surface area contributed by atoms with Gasteiger partial charge in [0.25, 0.3) is 5.92 Å². The molecule has 1 nitrogen and oxygen atoms in total. The first-order chi connectivity index (χ1) is 18.2. The smallest absolute Gasteiger partial charge is 0.302 e. The summed E-state index contributed by atoms with van der Waals surface area (Å²) in [4.78, 5) is 1.82. The van der Waals surface area contributed by atoms with Crippen molar-refractivity contribution in [3.63, 3.8) is 0 Å². The van der Waals surface area contributed by atoms with Gasteiger partial charge in [-0.05, 0) is 65.1 Å². The monoisotopic (exact) mass is 529 g/mol. The van der Waals surface area contributed by atoms with Crippen molar-refractivity contribution in [1.29, 1.82) is 0 Å². The number of nitrogens with zero attached hydrogens (tertiary/aromatic N) is 1. The molecular formula is C31H29F6N. The van der Waals surface area contributed by atoms with E-state index >= 15 is 8.78 Å². The zero-order valence-corrected chi connectivity index (χ0v) is 20.9. The third kappa shape index (κ3) is 5.13. The number of likely N-dealkylation sites (tertiary alicyclic amines) is 1. The number of hydrogen-bond acceptors (Lipinski definition) is 1. The lowest BCUT2D eigenvalue weighted by molar-refractivity contribution is -0.137. The lowest BCUT2D eigenvalue weighted by Gasteiger charge is -2.43. The average Bonchev–Trinajstić information content (AvgIpc) is 3.07. The van der Waals surface area contributed by atoms with Crippen LogP contribution >= 0.6 is 0 Å². The van der Waals surface area contributed by atoms with Crippen molar-refractivity contribution in [2.75, 3.05) is 26.3 Å². The molecule has 0 amide bonds. The van der Waals surface area contributed by atoms with Gasteiger partial charge >= 0.3 is 6.18 Å². The summed E-state index contributed by atoms with van der Waals surface area (Å²) in [5.74, 6) is -3.90. The molecule has 3 aromatic carbocycles. The molecule has 0 atom stereocenters.